The molecule has 0 unspecified atom stereocenters. The van der Waals surface area contributed by atoms with Crippen LogP contribution in [0.2, 0.25) is 0 Å². The normalized spacial score (nSPS) is 15.1. The number of fused-ring (bicyclic) bond motifs is 1. The van der Waals surface area contributed by atoms with Crippen LogP contribution in [0.5, 0.6) is 6.08 Å². The Hall–Kier alpha value is -2.32. The Morgan fingerprint density at radius 3 is 2.73 bits per heavy atom. The highest BCUT2D eigenvalue weighted by atomic mass is 19.4. The molecule has 2 heterocycles. The quantitative estimate of drug-likeness (QED) is 0.807. The molecule has 1 fully saturated rings. The number of carbonyl (C=O) groups excluding carboxylic acids is 1. The lowest BCUT2D eigenvalue weighted by Crippen LogP contribution is -2.12. The van der Waals surface area contributed by atoms with Gasteiger partial charge in [-0.25, -0.2) is 9.78 Å². The van der Waals surface area contributed by atoms with Gasteiger partial charge >= 0.3 is 18.2 Å². The largest absolute Gasteiger partial charge is 0.466 e. The summed E-state index contributed by atoms with van der Waals surface area (Å²) in [5.41, 5.74) is -1.28. The fourth-order valence-corrected chi connectivity index (χ4v) is 1.96. The number of oxazole rings is 1. The third-order valence-electron chi connectivity index (χ3n) is 3.21. The summed E-state index contributed by atoms with van der Waals surface area (Å²) in [5, 5.41) is 0. The molecular formula is C13H11F3N2O4. The van der Waals surface area contributed by atoms with Crippen molar-refractivity contribution >= 4 is 17.2 Å². The van der Waals surface area contributed by atoms with Gasteiger partial charge in [0.15, 0.2) is 6.61 Å². The Kier molecular flexibility index (Phi) is 3.42. The van der Waals surface area contributed by atoms with Gasteiger partial charge in [-0.3, -0.25) is 0 Å². The van der Waals surface area contributed by atoms with Crippen LogP contribution < -0.4 is 4.74 Å². The predicted molar refractivity (Wildman–Crippen MR) is 66.3 cm³/mol. The van der Waals surface area contributed by atoms with E-state index in [1.807, 2.05) is 0 Å². The highest BCUT2D eigenvalue weighted by Crippen LogP contribution is 2.43. The van der Waals surface area contributed by atoms with Crippen LogP contribution in [0.15, 0.2) is 10.5 Å². The Bertz CT molecular complexity index is 722. The molecule has 1 aliphatic carbocycles. The Morgan fingerprint density at radius 2 is 2.14 bits per heavy atom. The van der Waals surface area contributed by atoms with E-state index in [4.69, 9.17) is 9.15 Å². The Morgan fingerprint density at radius 1 is 1.41 bits per heavy atom. The first-order chi connectivity index (χ1) is 10.4. The van der Waals surface area contributed by atoms with Crippen LogP contribution >= 0.6 is 0 Å². The number of rotatable bonds is 4. The molecule has 0 spiro atoms. The van der Waals surface area contributed by atoms with Crippen LogP contribution in [0.4, 0.5) is 13.2 Å². The van der Waals surface area contributed by atoms with Crippen LogP contribution in [-0.4, -0.2) is 29.7 Å². The van der Waals surface area contributed by atoms with E-state index in [0.717, 1.165) is 26.0 Å². The van der Waals surface area contributed by atoms with Crippen LogP contribution in [-0.2, 0) is 15.7 Å². The molecule has 6 nitrogen and oxygen atoms in total. The topological polar surface area (TPSA) is 74.5 Å². The molecule has 0 radical (unpaired) electrons. The molecule has 1 aliphatic rings. The van der Waals surface area contributed by atoms with E-state index in [2.05, 4.69) is 14.7 Å². The highest BCUT2D eigenvalue weighted by Gasteiger charge is 2.38. The first-order valence-electron chi connectivity index (χ1n) is 6.46. The lowest BCUT2D eigenvalue weighted by Gasteiger charge is -2.07. The van der Waals surface area contributed by atoms with Crippen LogP contribution in [0.1, 0.15) is 30.0 Å². The fourth-order valence-electron chi connectivity index (χ4n) is 1.96. The summed E-state index contributed by atoms with van der Waals surface area (Å²) in [4.78, 5) is 18.6. The van der Waals surface area contributed by atoms with Crippen LogP contribution in [0, 0.1) is 0 Å². The summed E-state index contributed by atoms with van der Waals surface area (Å²) >= 11 is 0. The van der Waals surface area contributed by atoms with E-state index in [1.165, 1.54) is 0 Å². The molecular weight excluding hydrogens is 305 g/mol. The summed E-state index contributed by atoms with van der Waals surface area (Å²) in [7, 11) is 1.16. The SMILES string of the molecule is COC(=O)COc1nc2c(C(F)(F)F)cc(C3CC3)nc2o1. The lowest BCUT2D eigenvalue weighted by molar-refractivity contribution is -0.143. The minimum Gasteiger partial charge on any atom is -0.466 e. The van der Waals surface area contributed by atoms with Crippen molar-refractivity contribution in [2.75, 3.05) is 13.7 Å². The van der Waals surface area contributed by atoms with Gasteiger partial charge in [0.1, 0.15) is 5.52 Å². The molecule has 9 heteroatoms. The molecule has 0 bridgehead atoms. The number of halogens is 3. The maximum atomic E-state index is 13.1. The van der Waals surface area contributed by atoms with Crippen molar-refractivity contribution in [3.05, 3.63) is 17.3 Å². The second kappa shape index (κ2) is 5.15. The van der Waals surface area contributed by atoms with E-state index < -0.39 is 35.9 Å². The zero-order valence-corrected chi connectivity index (χ0v) is 11.4. The summed E-state index contributed by atoms with van der Waals surface area (Å²) in [6, 6.07) is 0.993. The molecule has 0 amide bonds. The number of esters is 1. The number of carbonyl (C=O) groups is 1. The van der Waals surface area contributed by atoms with E-state index in [1.54, 1.807) is 0 Å². The first-order valence-corrected chi connectivity index (χ1v) is 6.46. The average molecular weight is 316 g/mol. The molecule has 22 heavy (non-hydrogen) atoms. The molecule has 2 aromatic rings. The van der Waals surface area contributed by atoms with Gasteiger partial charge in [-0.15, -0.1) is 0 Å². The number of hydrogen-bond acceptors (Lipinski definition) is 6. The number of methoxy groups -OCH3 is 1. The minimum absolute atomic E-state index is 0.0232. The van der Waals surface area contributed by atoms with Crippen LogP contribution in [0.3, 0.4) is 0 Å². The van der Waals surface area contributed by atoms with E-state index in [9.17, 15) is 18.0 Å². The third kappa shape index (κ3) is 2.83. The van der Waals surface area contributed by atoms with Gasteiger partial charge < -0.3 is 13.9 Å². The summed E-state index contributed by atoms with van der Waals surface area (Å²) in [6.45, 7) is -0.514. The minimum atomic E-state index is -4.58. The number of nitrogens with zero attached hydrogens (tertiary/aromatic N) is 2. The van der Waals surface area contributed by atoms with E-state index in [0.29, 0.717) is 5.69 Å². The molecule has 0 N–H and O–H groups in total. The number of hydrogen-bond donors (Lipinski definition) is 0. The monoisotopic (exact) mass is 316 g/mol. The molecule has 0 saturated heterocycles. The maximum absolute atomic E-state index is 13.1. The van der Waals surface area contributed by atoms with Crippen molar-refractivity contribution in [1.29, 1.82) is 0 Å². The third-order valence-corrected chi connectivity index (χ3v) is 3.21. The Labute approximate surface area is 122 Å². The molecule has 2 aromatic heterocycles. The van der Waals surface area contributed by atoms with Crippen molar-refractivity contribution in [2.45, 2.75) is 24.9 Å². The van der Waals surface area contributed by atoms with Gasteiger partial charge in [0.05, 0.1) is 12.7 Å². The van der Waals surface area contributed by atoms with E-state index >= 15 is 0 Å². The van der Waals surface area contributed by atoms with E-state index in [-0.39, 0.29) is 11.6 Å². The highest BCUT2D eigenvalue weighted by molar-refractivity contribution is 5.75. The summed E-state index contributed by atoms with van der Waals surface area (Å²) < 4.78 is 53.7. The number of aromatic nitrogens is 2. The number of pyridine rings is 1. The smallest absolute Gasteiger partial charge is 0.418 e. The maximum Gasteiger partial charge on any atom is 0.418 e. The van der Waals surface area contributed by atoms with Crippen LogP contribution in [0.25, 0.3) is 11.2 Å². The van der Waals surface area contributed by atoms with Crippen molar-refractivity contribution in [1.82, 2.24) is 9.97 Å². The standard InChI is InChI=1S/C13H11F3N2O4/c1-20-9(19)5-21-12-18-10-7(13(14,15)16)4-8(6-2-3-6)17-11(10)22-12/h4,6H,2-3,5H2,1H3. The lowest BCUT2D eigenvalue weighted by atomic mass is 10.1. The number of alkyl halides is 3. The van der Waals surface area contributed by atoms with Gasteiger partial charge in [0, 0.05) is 11.6 Å². The molecule has 118 valence electrons. The predicted octanol–water partition coefficient (Wildman–Crippen LogP) is 2.67. The molecule has 3 rings (SSSR count). The van der Waals surface area contributed by atoms with Gasteiger partial charge in [-0.05, 0) is 18.9 Å². The van der Waals surface area contributed by atoms with Gasteiger partial charge in [0.2, 0.25) is 0 Å². The van der Waals surface area contributed by atoms with Crippen molar-refractivity contribution in [3.8, 4) is 6.08 Å². The molecule has 0 aliphatic heterocycles. The second-order valence-electron chi connectivity index (χ2n) is 4.87. The Balaban J connectivity index is 1.99. The zero-order chi connectivity index (χ0) is 15.9. The first kappa shape index (κ1) is 14.6. The summed E-state index contributed by atoms with van der Waals surface area (Å²) in [5.74, 6) is -0.681. The fraction of sp³-hybridized carbons (Fsp3) is 0.462. The second-order valence-corrected chi connectivity index (χ2v) is 4.87. The van der Waals surface area contributed by atoms with Gasteiger partial charge in [-0.2, -0.15) is 18.2 Å². The summed E-state index contributed by atoms with van der Waals surface area (Å²) in [6.07, 6.45) is -3.43. The van der Waals surface area contributed by atoms with Gasteiger partial charge in [0.25, 0.3) is 5.71 Å². The molecule has 0 atom stereocenters. The van der Waals surface area contributed by atoms with Crippen molar-refractivity contribution in [3.63, 3.8) is 0 Å². The molecule has 0 aromatic carbocycles. The van der Waals surface area contributed by atoms with Crippen molar-refractivity contribution in [2.24, 2.45) is 0 Å². The molecule has 1 saturated carbocycles. The number of ether oxygens (including phenoxy) is 2. The average Bonchev–Trinajstić information content (AvgIpc) is 3.22. The van der Waals surface area contributed by atoms with Gasteiger partial charge in [-0.1, -0.05) is 0 Å². The van der Waals surface area contributed by atoms with Crippen molar-refractivity contribution < 1.29 is 31.9 Å². The zero-order valence-electron chi connectivity index (χ0n) is 11.4.